The molecule has 7 nitrogen and oxygen atoms in total. The summed E-state index contributed by atoms with van der Waals surface area (Å²) in [5.41, 5.74) is 3.50. The van der Waals surface area contributed by atoms with Crippen molar-refractivity contribution in [3.05, 3.63) is 104 Å². The second kappa shape index (κ2) is 11.6. The standard InChI is InChI=1S/C30H28Cl2F2N6O/c1-30(38-19-8-10-23(32)22(14-19)29(41)40(3)12-11-35-2)37-16-17-15-36-28(26-24(33)5-4-6-25(26)34)21-13-18(31)7-9-20(21)27(17)39-30/h4-10,13-14,16,35,38-39H,11-12,15H2,1-3H3. The summed E-state index contributed by atoms with van der Waals surface area (Å²) in [5.74, 6) is -2.68. The molecule has 2 aliphatic heterocycles. The number of carbonyl (C=O) groups excluding carboxylic acids is 1. The summed E-state index contributed by atoms with van der Waals surface area (Å²) in [6, 6.07) is 14.0. The maximum absolute atomic E-state index is 14.9. The van der Waals surface area contributed by atoms with E-state index >= 15 is 0 Å². The van der Waals surface area contributed by atoms with Crippen LogP contribution in [0.25, 0.3) is 5.70 Å². The molecule has 3 aromatic carbocycles. The molecule has 1 amide bonds. The van der Waals surface area contributed by atoms with Crippen LogP contribution in [0, 0.1) is 11.6 Å². The molecule has 0 aromatic heterocycles. The highest BCUT2D eigenvalue weighted by atomic mass is 35.5. The fourth-order valence-corrected chi connectivity index (χ4v) is 5.17. The van der Waals surface area contributed by atoms with Crippen LogP contribution < -0.4 is 16.0 Å². The van der Waals surface area contributed by atoms with Crippen LogP contribution in [0.5, 0.6) is 0 Å². The van der Waals surface area contributed by atoms with E-state index in [0.717, 1.165) is 5.57 Å². The van der Waals surface area contributed by atoms with Crippen LogP contribution in [0.15, 0.2) is 70.2 Å². The molecule has 2 heterocycles. The molecule has 0 saturated carbocycles. The molecular formula is C30H28Cl2F2N6O. The van der Waals surface area contributed by atoms with Crippen LogP contribution >= 0.6 is 23.2 Å². The maximum Gasteiger partial charge on any atom is 0.255 e. The molecule has 0 aliphatic carbocycles. The van der Waals surface area contributed by atoms with Crippen LogP contribution in [-0.2, 0) is 0 Å². The molecule has 1 unspecified atom stereocenters. The van der Waals surface area contributed by atoms with Gasteiger partial charge in [-0.3, -0.25) is 9.79 Å². The summed E-state index contributed by atoms with van der Waals surface area (Å²) >= 11 is 12.7. The average Bonchev–Trinajstić information content (AvgIpc) is 3.08. The van der Waals surface area contributed by atoms with Crippen molar-refractivity contribution in [3.8, 4) is 0 Å². The van der Waals surface area contributed by atoms with Gasteiger partial charge in [0.2, 0.25) is 5.79 Å². The molecule has 3 N–H and O–H groups in total. The Hall–Kier alpha value is -3.79. The van der Waals surface area contributed by atoms with Gasteiger partial charge in [-0.1, -0.05) is 35.3 Å². The zero-order valence-electron chi connectivity index (χ0n) is 22.7. The molecule has 11 heteroatoms. The van der Waals surface area contributed by atoms with Gasteiger partial charge in [-0.25, -0.2) is 13.8 Å². The quantitative estimate of drug-likeness (QED) is 0.332. The Labute approximate surface area is 247 Å². The van der Waals surface area contributed by atoms with Crippen molar-refractivity contribution < 1.29 is 13.6 Å². The second-order valence-electron chi connectivity index (χ2n) is 9.96. The molecular weight excluding hydrogens is 569 g/mol. The summed E-state index contributed by atoms with van der Waals surface area (Å²) in [6.07, 6.45) is 1.69. The summed E-state index contributed by atoms with van der Waals surface area (Å²) in [7, 11) is 3.54. The minimum absolute atomic E-state index is 0.135. The van der Waals surface area contributed by atoms with Crippen LogP contribution in [0.1, 0.15) is 34.0 Å². The van der Waals surface area contributed by atoms with Crippen molar-refractivity contribution in [1.82, 2.24) is 15.5 Å². The van der Waals surface area contributed by atoms with Crippen LogP contribution in [0.2, 0.25) is 10.0 Å². The van der Waals surface area contributed by atoms with E-state index in [2.05, 4.69) is 20.9 Å². The Morgan fingerprint density at radius 2 is 1.85 bits per heavy atom. The number of anilines is 1. The molecule has 3 aromatic rings. The average molecular weight is 597 g/mol. The number of hydrogen-bond donors (Lipinski definition) is 3. The number of nitrogens with zero attached hydrogens (tertiary/aromatic N) is 3. The first-order valence-electron chi connectivity index (χ1n) is 12.9. The Kier molecular flexibility index (Phi) is 8.13. The normalized spacial score (nSPS) is 17.7. The van der Waals surface area contributed by atoms with Gasteiger partial charge in [0.25, 0.3) is 5.91 Å². The highest BCUT2D eigenvalue weighted by Gasteiger charge is 2.33. The zero-order chi connectivity index (χ0) is 29.3. The fourth-order valence-electron chi connectivity index (χ4n) is 4.80. The van der Waals surface area contributed by atoms with Gasteiger partial charge in [-0.15, -0.1) is 0 Å². The zero-order valence-corrected chi connectivity index (χ0v) is 24.2. The fraction of sp³-hybridized carbons (Fsp3) is 0.233. The Bertz CT molecular complexity index is 1600. The molecule has 41 heavy (non-hydrogen) atoms. The number of nitrogens with one attached hydrogen (secondary N) is 3. The lowest BCUT2D eigenvalue weighted by molar-refractivity contribution is 0.0797. The molecule has 212 valence electrons. The van der Waals surface area contributed by atoms with Crippen molar-refractivity contribution in [1.29, 1.82) is 0 Å². The lowest BCUT2D eigenvalue weighted by Crippen LogP contribution is -2.49. The molecule has 1 atom stereocenters. The molecule has 2 aliphatic rings. The number of likely N-dealkylation sites (N-methyl/N-ethyl adjacent to an activating group) is 2. The van der Waals surface area contributed by atoms with E-state index < -0.39 is 17.4 Å². The van der Waals surface area contributed by atoms with Gasteiger partial charge in [0.15, 0.2) is 0 Å². The van der Waals surface area contributed by atoms with Gasteiger partial charge < -0.3 is 20.9 Å². The molecule has 0 fully saturated rings. The van der Waals surface area contributed by atoms with E-state index in [1.165, 1.54) is 18.2 Å². The number of hydrogen-bond acceptors (Lipinski definition) is 6. The van der Waals surface area contributed by atoms with Crippen molar-refractivity contribution in [2.45, 2.75) is 12.7 Å². The largest absolute Gasteiger partial charge is 0.345 e. The monoisotopic (exact) mass is 596 g/mol. The number of carbonyl (C=O) groups is 1. The highest BCUT2D eigenvalue weighted by Crippen LogP contribution is 2.34. The van der Waals surface area contributed by atoms with Crippen molar-refractivity contribution in [2.75, 3.05) is 39.0 Å². The Morgan fingerprint density at radius 1 is 1.10 bits per heavy atom. The summed E-state index contributed by atoms with van der Waals surface area (Å²) in [4.78, 5) is 23.9. The number of amides is 1. The summed E-state index contributed by atoms with van der Waals surface area (Å²) < 4.78 is 29.7. The van der Waals surface area contributed by atoms with Crippen LogP contribution in [0.3, 0.4) is 0 Å². The number of aliphatic imine (C=N–C) groups is 2. The van der Waals surface area contributed by atoms with E-state index in [9.17, 15) is 13.6 Å². The minimum atomic E-state index is -1.05. The molecule has 0 saturated heterocycles. The van der Waals surface area contributed by atoms with Crippen molar-refractivity contribution in [2.24, 2.45) is 9.98 Å². The van der Waals surface area contributed by atoms with Crippen LogP contribution in [-0.4, -0.2) is 62.2 Å². The van der Waals surface area contributed by atoms with Gasteiger partial charge >= 0.3 is 0 Å². The van der Waals surface area contributed by atoms with Gasteiger partial charge in [0, 0.05) is 53.8 Å². The third-order valence-electron chi connectivity index (χ3n) is 6.91. The summed E-state index contributed by atoms with van der Waals surface area (Å²) in [6.45, 7) is 3.14. The molecule has 0 radical (unpaired) electrons. The molecule has 0 bridgehead atoms. The first kappa shape index (κ1) is 28.7. The number of rotatable bonds is 7. The van der Waals surface area contributed by atoms with Gasteiger partial charge in [-0.05, 0) is 56.4 Å². The van der Waals surface area contributed by atoms with Gasteiger partial charge in [-0.2, -0.15) is 0 Å². The van der Waals surface area contributed by atoms with E-state index in [4.69, 9.17) is 28.2 Å². The first-order chi connectivity index (χ1) is 19.6. The van der Waals surface area contributed by atoms with E-state index in [0.29, 0.717) is 51.2 Å². The Morgan fingerprint density at radius 3 is 2.59 bits per heavy atom. The smallest absolute Gasteiger partial charge is 0.255 e. The van der Waals surface area contributed by atoms with E-state index in [-0.39, 0.29) is 23.7 Å². The third kappa shape index (κ3) is 5.84. The predicted octanol–water partition coefficient (Wildman–Crippen LogP) is 5.58. The number of fused-ring (bicyclic) bond motifs is 2. The lowest BCUT2D eigenvalue weighted by Gasteiger charge is -2.35. The second-order valence-corrected chi connectivity index (χ2v) is 10.8. The Balaban J connectivity index is 1.47. The van der Waals surface area contributed by atoms with Crippen molar-refractivity contribution in [3.63, 3.8) is 0 Å². The molecule has 0 spiro atoms. The maximum atomic E-state index is 14.9. The number of benzene rings is 3. The highest BCUT2D eigenvalue weighted by molar-refractivity contribution is 6.34. The van der Waals surface area contributed by atoms with E-state index in [1.807, 2.05) is 14.0 Å². The van der Waals surface area contributed by atoms with Gasteiger partial charge in [0.1, 0.15) is 11.6 Å². The first-order valence-corrected chi connectivity index (χ1v) is 13.7. The summed E-state index contributed by atoms with van der Waals surface area (Å²) in [5, 5.41) is 10.6. The van der Waals surface area contributed by atoms with Crippen molar-refractivity contribution >= 4 is 52.4 Å². The van der Waals surface area contributed by atoms with Crippen LogP contribution in [0.4, 0.5) is 14.5 Å². The lowest BCUT2D eigenvalue weighted by atomic mass is 9.94. The predicted molar refractivity (Wildman–Crippen MR) is 161 cm³/mol. The molecule has 5 rings (SSSR count). The topological polar surface area (TPSA) is 81.1 Å². The number of halogens is 4. The van der Waals surface area contributed by atoms with E-state index in [1.54, 1.807) is 54.6 Å². The third-order valence-corrected chi connectivity index (χ3v) is 7.47. The SMILES string of the molecule is CNCCN(C)C(=O)c1cc(NC2(C)N=CC3=C(N2)c2ccc(Cl)cc2C(c2c(F)cccc2F)=NC3)ccc1Cl. The minimum Gasteiger partial charge on any atom is -0.345 e. The van der Waals surface area contributed by atoms with Gasteiger partial charge in [0.05, 0.1) is 34.1 Å².